The summed E-state index contributed by atoms with van der Waals surface area (Å²) < 4.78 is 39.2. The van der Waals surface area contributed by atoms with Crippen LogP contribution in [0.3, 0.4) is 0 Å². The zero-order chi connectivity index (χ0) is 12.8. The standard InChI is InChI=1S/C9H16F3NO3/c1-8(2,7(14)15)5-13-3-4-16-6-9(10,11)12/h13H,3-6H2,1-2H3,(H,14,15). The van der Waals surface area contributed by atoms with Gasteiger partial charge in [0.25, 0.3) is 0 Å². The van der Waals surface area contributed by atoms with Crippen molar-refractivity contribution in [2.24, 2.45) is 5.41 Å². The zero-order valence-corrected chi connectivity index (χ0v) is 9.23. The number of hydrogen-bond donors (Lipinski definition) is 2. The molecule has 96 valence electrons. The minimum absolute atomic E-state index is 0.102. The lowest BCUT2D eigenvalue weighted by Gasteiger charge is -2.19. The number of carboxylic acids is 1. The highest BCUT2D eigenvalue weighted by atomic mass is 19.4. The van der Waals surface area contributed by atoms with E-state index in [1.54, 1.807) is 0 Å². The molecule has 0 saturated carbocycles. The van der Waals surface area contributed by atoms with Crippen LogP contribution in [0.4, 0.5) is 13.2 Å². The lowest BCUT2D eigenvalue weighted by Crippen LogP contribution is -2.37. The molecule has 0 bridgehead atoms. The highest BCUT2D eigenvalue weighted by Gasteiger charge is 2.28. The third kappa shape index (κ3) is 7.47. The number of alkyl halides is 3. The summed E-state index contributed by atoms with van der Waals surface area (Å²) in [6, 6.07) is 0. The molecule has 0 amide bonds. The molecule has 0 heterocycles. The molecular weight excluding hydrogens is 227 g/mol. The molecule has 0 unspecified atom stereocenters. The van der Waals surface area contributed by atoms with Gasteiger partial charge in [0.2, 0.25) is 0 Å². The van der Waals surface area contributed by atoms with E-state index in [1.807, 2.05) is 0 Å². The van der Waals surface area contributed by atoms with Crippen LogP contribution in [0, 0.1) is 5.41 Å². The van der Waals surface area contributed by atoms with Gasteiger partial charge in [0.15, 0.2) is 0 Å². The Hall–Kier alpha value is -0.820. The van der Waals surface area contributed by atoms with Crippen molar-refractivity contribution in [2.75, 3.05) is 26.3 Å². The summed E-state index contributed by atoms with van der Waals surface area (Å²) in [7, 11) is 0. The van der Waals surface area contributed by atoms with Crippen molar-refractivity contribution in [3.8, 4) is 0 Å². The Balaban J connectivity index is 3.52. The summed E-state index contributed by atoms with van der Waals surface area (Å²) in [4.78, 5) is 10.7. The minimum Gasteiger partial charge on any atom is -0.481 e. The normalized spacial score (nSPS) is 12.8. The van der Waals surface area contributed by atoms with Gasteiger partial charge in [-0.2, -0.15) is 13.2 Å². The molecule has 0 rings (SSSR count). The third-order valence-corrected chi connectivity index (χ3v) is 1.83. The molecule has 0 aliphatic carbocycles. The minimum atomic E-state index is -4.32. The first-order chi connectivity index (χ1) is 7.15. The quantitative estimate of drug-likeness (QED) is 0.661. The molecule has 2 N–H and O–H groups in total. The van der Waals surface area contributed by atoms with Crippen LogP contribution in [0.25, 0.3) is 0 Å². The van der Waals surface area contributed by atoms with Gasteiger partial charge in [-0.25, -0.2) is 0 Å². The van der Waals surface area contributed by atoms with Gasteiger partial charge >= 0.3 is 12.1 Å². The van der Waals surface area contributed by atoms with Crippen LogP contribution in [0.5, 0.6) is 0 Å². The third-order valence-electron chi connectivity index (χ3n) is 1.83. The topological polar surface area (TPSA) is 58.6 Å². The maximum absolute atomic E-state index is 11.6. The summed E-state index contributed by atoms with van der Waals surface area (Å²) >= 11 is 0. The van der Waals surface area contributed by atoms with Gasteiger partial charge in [0, 0.05) is 13.1 Å². The Labute approximate surface area is 91.8 Å². The van der Waals surface area contributed by atoms with E-state index in [-0.39, 0.29) is 19.7 Å². The molecule has 0 aromatic heterocycles. The van der Waals surface area contributed by atoms with Crippen molar-refractivity contribution in [2.45, 2.75) is 20.0 Å². The number of halogens is 3. The van der Waals surface area contributed by atoms with Crippen molar-refractivity contribution < 1.29 is 27.8 Å². The van der Waals surface area contributed by atoms with Gasteiger partial charge in [-0.15, -0.1) is 0 Å². The Morgan fingerprint density at radius 1 is 1.38 bits per heavy atom. The Morgan fingerprint density at radius 3 is 2.38 bits per heavy atom. The number of hydrogen-bond acceptors (Lipinski definition) is 3. The highest BCUT2D eigenvalue weighted by Crippen LogP contribution is 2.14. The second-order valence-corrected chi connectivity index (χ2v) is 4.03. The number of ether oxygens (including phenoxy) is 1. The lowest BCUT2D eigenvalue weighted by atomic mass is 9.94. The van der Waals surface area contributed by atoms with E-state index in [0.717, 1.165) is 0 Å². The summed E-state index contributed by atoms with van der Waals surface area (Å²) in [5, 5.41) is 11.5. The fourth-order valence-corrected chi connectivity index (χ4v) is 0.809. The SMILES string of the molecule is CC(C)(CNCCOCC(F)(F)F)C(=O)O. The van der Waals surface area contributed by atoms with Gasteiger partial charge in [-0.3, -0.25) is 4.79 Å². The summed E-state index contributed by atoms with van der Waals surface area (Å²) in [6.07, 6.45) is -4.32. The molecule has 0 atom stereocenters. The van der Waals surface area contributed by atoms with Crippen LogP contribution in [0.15, 0.2) is 0 Å². The molecule has 0 spiro atoms. The largest absolute Gasteiger partial charge is 0.481 e. The molecule has 0 aliphatic heterocycles. The van der Waals surface area contributed by atoms with E-state index < -0.39 is 24.2 Å². The molecule has 7 heteroatoms. The van der Waals surface area contributed by atoms with Crippen LogP contribution in [0.2, 0.25) is 0 Å². The van der Waals surface area contributed by atoms with Crippen molar-refractivity contribution >= 4 is 5.97 Å². The fourth-order valence-electron chi connectivity index (χ4n) is 0.809. The van der Waals surface area contributed by atoms with Crippen molar-refractivity contribution in [3.05, 3.63) is 0 Å². The Kier molecular flexibility index (Phi) is 5.74. The van der Waals surface area contributed by atoms with Gasteiger partial charge in [0.05, 0.1) is 12.0 Å². The number of aliphatic carboxylic acids is 1. The molecule has 0 radical (unpaired) electrons. The van der Waals surface area contributed by atoms with Gasteiger partial charge in [-0.1, -0.05) is 0 Å². The molecule has 0 saturated heterocycles. The Morgan fingerprint density at radius 2 is 1.94 bits per heavy atom. The molecule has 16 heavy (non-hydrogen) atoms. The van der Waals surface area contributed by atoms with E-state index in [2.05, 4.69) is 10.1 Å². The number of nitrogens with one attached hydrogen (secondary N) is 1. The van der Waals surface area contributed by atoms with Crippen molar-refractivity contribution in [1.82, 2.24) is 5.32 Å². The molecule has 0 aromatic rings. The first-order valence-electron chi connectivity index (χ1n) is 4.74. The first-order valence-corrected chi connectivity index (χ1v) is 4.74. The van der Waals surface area contributed by atoms with E-state index in [1.165, 1.54) is 13.8 Å². The molecule has 0 aliphatic rings. The number of rotatable bonds is 7. The van der Waals surface area contributed by atoms with E-state index >= 15 is 0 Å². The number of carbonyl (C=O) groups is 1. The smallest absolute Gasteiger partial charge is 0.411 e. The summed E-state index contributed by atoms with van der Waals surface area (Å²) in [5.41, 5.74) is -0.940. The summed E-state index contributed by atoms with van der Waals surface area (Å²) in [6.45, 7) is 2.04. The van der Waals surface area contributed by atoms with Gasteiger partial charge < -0.3 is 15.2 Å². The molecular formula is C9H16F3NO3. The fraction of sp³-hybridized carbons (Fsp3) is 0.889. The lowest BCUT2D eigenvalue weighted by molar-refractivity contribution is -0.173. The van der Waals surface area contributed by atoms with Gasteiger partial charge in [-0.05, 0) is 13.8 Å². The van der Waals surface area contributed by atoms with Crippen LogP contribution in [-0.4, -0.2) is 43.6 Å². The first kappa shape index (κ1) is 15.2. The average Bonchev–Trinajstić information content (AvgIpc) is 2.09. The zero-order valence-electron chi connectivity index (χ0n) is 9.23. The summed E-state index contributed by atoms with van der Waals surface area (Å²) in [5.74, 6) is -0.962. The van der Waals surface area contributed by atoms with E-state index in [9.17, 15) is 18.0 Å². The predicted octanol–water partition coefficient (Wildman–Crippen LogP) is 1.27. The Bertz CT molecular complexity index is 229. The van der Waals surface area contributed by atoms with Crippen LogP contribution in [0.1, 0.15) is 13.8 Å². The molecule has 0 aromatic carbocycles. The molecule has 4 nitrogen and oxygen atoms in total. The second-order valence-electron chi connectivity index (χ2n) is 4.03. The predicted molar refractivity (Wildman–Crippen MR) is 51.2 cm³/mol. The molecule has 0 fully saturated rings. The number of carboxylic acid groups (broad SMARTS) is 1. The average molecular weight is 243 g/mol. The van der Waals surface area contributed by atoms with Crippen LogP contribution < -0.4 is 5.32 Å². The van der Waals surface area contributed by atoms with Crippen molar-refractivity contribution in [3.63, 3.8) is 0 Å². The van der Waals surface area contributed by atoms with Crippen LogP contribution >= 0.6 is 0 Å². The maximum Gasteiger partial charge on any atom is 0.411 e. The van der Waals surface area contributed by atoms with E-state index in [0.29, 0.717) is 0 Å². The maximum atomic E-state index is 11.6. The van der Waals surface area contributed by atoms with Crippen LogP contribution in [-0.2, 0) is 9.53 Å². The van der Waals surface area contributed by atoms with Crippen molar-refractivity contribution in [1.29, 1.82) is 0 Å². The van der Waals surface area contributed by atoms with E-state index in [4.69, 9.17) is 5.11 Å². The second kappa shape index (κ2) is 6.05. The monoisotopic (exact) mass is 243 g/mol. The highest BCUT2D eigenvalue weighted by molar-refractivity contribution is 5.73. The van der Waals surface area contributed by atoms with Gasteiger partial charge in [0.1, 0.15) is 6.61 Å².